The molecule has 0 atom stereocenters. The fourth-order valence-electron chi connectivity index (χ4n) is 1.17. The van der Waals surface area contributed by atoms with E-state index in [0.717, 1.165) is 0 Å². The highest BCUT2D eigenvalue weighted by atomic mass is 19.3. The first kappa shape index (κ1) is 11.6. The summed E-state index contributed by atoms with van der Waals surface area (Å²) in [6.07, 6.45) is 1.80. The van der Waals surface area contributed by atoms with Gasteiger partial charge in [0.15, 0.2) is 6.61 Å². The number of aromatic nitrogens is 3. The highest BCUT2D eigenvalue weighted by molar-refractivity contribution is 5.54. The van der Waals surface area contributed by atoms with Crippen molar-refractivity contribution < 1.29 is 22.3 Å². The highest BCUT2D eigenvalue weighted by Crippen LogP contribution is 2.24. The Balaban J connectivity index is 2.17. The Morgan fingerprint density at radius 1 is 1.41 bits per heavy atom. The first-order valence-electron chi connectivity index (χ1n) is 4.56. The number of halogens is 4. The van der Waals surface area contributed by atoms with E-state index in [0.29, 0.717) is 5.52 Å². The summed E-state index contributed by atoms with van der Waals surface area (Å²) in [6, 6.07) is 0. The van der Waals surface area contributed by atoms with Crippen LogP contribution < -0.4 is 4.74 Å². The topological polar surface area (TPSA) is 39.4 Å². The molecule has 0 spiro atoms. The van der Waals surface area contributed by atoms with Crippen molar-refractivity contribution in [1.29, 1.82) is 0 Å². The third-order valence-corrected chi connectivity index (χ3v) is 2.02. The Bertz CT molecular complexity index is 514. The minimum atomic E-state index is -4.20. The minimum Gasteiger partial charge on any atom is -0.469 e. The predicted octanol–water partition coefficient (Wildman–Crippen LogP) is 2.01. The largest absolute Gasteiger partial charge is 0.469 e. The number of fused-ring (bicyclic) bond motifs is 1. The zero-order valence-electron chi connectivity index (χ0n) is 8.36. The molecule has 8 heteroatoms. The summed E-state index contributed by atoms with van der Waals surface area (Å²) in [5.41, 5.74) is 0.331. The maximum atomic E-state index is 12.6. The summed E-state index contributed by atoms with van der Waals surface area (Å²) >= 11 is 0. The lowest BCUT2D eigenvalue weighted by atomic mass is 10.4. The minimum absolute atomic E-state index is 0.162. The summed E-state index contributed by atoms with van der Waals surface area (Å²) in [5.74, 6) is -4.36. The highest BCUT2D eigenvalue weighted by Gasteiger charge is 2.42. The van der Waals surface area contributed by atoms with Crippen LogP contribution in [0.15, 0.2) is 24.9 Å². The maximum Gasteiger partial charge on any atom is 0.340 e. The molecule has 0 N–H and O–H groups in total. The van der Waals surface area contributed by atoms with E-state index in [9.17, 15) is 17.6 Å². The van der Waals surface area contributed by atoms with Crippen molar-refractivity contribution in [2.45, 2.75) is 12.3 Å². The van der Waals surface area contributed by atoms with Gasteiger partial charge in [-0.3, -0.25) is 0 Å². The van der Waals surface area contributed by atoms with E-state index < -0.39 is 19.0 Å². The molecule has 0 saturated carbocycles. The summed E-state index contributed by atoms with van der Waals surface area (Å²) in [6.45, 7) is -1.43. The quantitative estimate of drug-likeness (QED) is 0.778. The number of imidazole rings is 1. The second-order valence-corrected chi connectivity index (χ2v) is 3.27. The second-order valence-electron chi connectivity index (χ2n) is 3.27. The van der Waals surface area contributed by atoms with Crippen molar-refractivity contribution in [2.24, 2.45) is 0 Å². The molecule has 2 heterocycles. The monoisotopic (exact) mass is 249 g/mol. The van der Waals surface area contributed by atoms with Crippen molar-refractivity contribution in [1.82, 2.24) is 14.4 Å². The Morgan fingerprint density at radius 3 is 2.88 bits per heavy atom. The Hall–Kier alpha value is -1.86. The predicted molar refractivity (Wildman–Crippen MR) is 49.4 cm³/mol. The molecule has 2 rings (SSSR count). The molecule has 0 aliphatic carbocycles. The Labute approximate surface area is 92.9 Å². The molecule has 2 aromatic heterocycles. The summed E-state index contributed by atoms with van der Waals surface area (Å²) in [4.78, 5) is 7.43. The van der Waals surface area contributed by atoms with Crippen LogP contribution in [0.3, 0.4) is 0 Å². The van der Waals surface area contributed by atoms with Gasteiger partial charge in [0, 0.05) is 12.4 Å². The molecule has 0 unspecified atom stereocenters. The van der Waals surface area contributed by atoms with E-state index in [1.807, 2.05) is 0 Å². The molecule has 0 fully saturated rings. The van der Waals surface area contributed by atoms with Crippen LogP contribution in [0, 0.1) is 0 Å². The van der Waals surface area contributed by atoms with E-state index >= 15 is 0 Å². The zero-order valence-corrected chi connectivity index (χ0v) is 8.36. The van der Waals surface area contributed by atoms with Crippen LogP contribution >= 0.6 is 0 Å². The third-order valence-electron chi connectivity index (χ3n) is 2.02. The zero-order chi connectivity index (χ0) is 12.5. The van der Waals surface area contributed by atoms with E-state index in [1.54, 1.807) is 0 Å². The SMILES string of the molecule is FC(F)C(F)(F)COc1nccn2cncc12. The van der Waals surface area contributed by atoms with Crippen LogP contribution in [0.25, 0.3) is 5.52 Å². The van der Waals surface area contributed by atoms with E-state index in [2.05, 4.69) is 14.7 Å². The number of nitrogens with zero attached hydrogens (tertiary/aromatic N) is 3. The van der Waals surface area contributed by atoms with Crippen LogP contribution in [-0.4, -0.2) is 33.3 Å². The lowest BCUT2D eigenvalue weighted by Gasteiger charge is -2.15. The molecule has 0 aliphatic heterocycles. The molecular weight excluding hydrogens is 242 g/mol. The lowest BCUT2D eigenvalue weighted by molar-refractivity contribution is -0.148. The number of alkyl halides is 4. The molecule has 0 aromatic carbocycles. The van der Waals surface area contributed by atoms with Gasteiger partial charge < -0.3 is 9.14 Å². The van der Waals surface area contributed by atoms with Gasteiger partial charge in [0.2, 0.25) is 5.88 Å². The average molecular weight is 249 g/mol. The van der Waals surface area contributed by atoms with Gasteiger partial charge in [-0.2, -0.15) is 8.78 Å². The number of ether oxygens (including phenoxy) is 1. The molecule has 0 aliphatic rings. The molecule has 0 saturated heterocycles. The van der Waals surface area contributed by atoms with Gasteiger partial charge in [0.1, 0.15) is 5.52 Å². The number of hydrogen-bond donors (Lipinski definition) is 0. The standard InChI is InChI=1S/C9H7F4N3O/c10-8(11)9(12,13)4-17-7-6-3-14-5-16(6)2-1-15-7/h1-3,5,8H,4H2. The summed E-state index contributed by atoms with van der Waals surface area (Å²) < 4.78 is 55.1. The van der Waals surface area contributed by atoms with Gasteiger partial charge in [0.25, 0.3) is 0 Å². The van der Waals surface area contributed by atoms with Crippen molar-refractivity contribution in [3.8, 4) is 5.88 Å². The normalized spacial score (nSPS) is 12.3. The first-order chi connectivity index (χ1) is 8.00. The average Bonchev–Trinajstić information content (AvgIpc) is 2.74. The lowest BCUT2D eigenvalue weighted by Crippen LogP contribution is -2.34. The maximum absolute atomic E-state index is 12.6. The van der Waals surface area contributed by atoms with E-state index in [4.69, 9.17) is 0 Å². The van der Waals surface area contributed by atoms with Gasteiger partial charge in [-0.25, -0.2) is 18.7 Å². The van der Waals surface area contributed by atoms with Gasteiger partial charge in [-0.05, 0) is 0 Å². The molecular formula is C9H7F4N3O. The van der Waals surface area contributed by atoms with Crippen molar-refractivity contribution >= 4 is 5.52 Å². The third kappa shape index (κ3) is 2.29. The van der Waals surface area contributed by atoms with Crippen LogP contribution in [0.5, 0.6) is 5.88 Å². The fourth-order valence-corrected chi connectivity index (χ4v) is 1.17. The molecule has 17 heavy (non-hydrogen) atoms. The van der Waals surface area contributed by atoms with Crippen LogP contribution in [0.4, 0.5) is 17.6 Å². The van der Waals surface area contributed by atoms with E-state index in [-0.39, 0.29) is 5.88 Å². The summed E-state index contributed by atoms with van der Waals surface area (Å²) in [5, 5.41) is 0. The van der Waals surface area contributed by atoms with Gasteiger partial charge in [-0.15, -0.1) is 0 Å². The number of rotatable bonds is 4. The molecule has 0 radical (unpaired) electrons. The summed E-state index contributed by atoms with van der Waals surface area (Å²) in [7, 11) is 0. The van der Waals surface area contributed by atoms with Gasteiger partial charge in [-0.1, -0.05) is 0 Å². The second kappa shape index (κ2) is 4.19. The van der Waals surface area contributed by atoms with Crippen LogP contribution in [0.2, 0.25) is 0 Å². The first-order valence-corrected chi connectivity index (χ1v) is 4.56. The molecule has 4 nitrogen and oxygen atoms in total. The Kier molecular flexibility index (Phi) is 2.86. The molecule has 0 amide bonds. The molecule has 92 valence electrons. The Morgan fingerprint density at radius 2 is 2.18 bits per heavy atom. The van der Waals surface area contributed by atoms with Crippen LogP contribution in [0.1, 0.15) is 0 Å². The number of hydrogen-bond acceptors (Lipinski definition) is 3. The smallest absolute Gasteiger partial charge is 0.340 e. The van der Waals surface area contributed by atoms with Gasteiger partial charge in [0.05, 0.1) is 12.5 Å². The van der Waals surface area contributed by atoms with Gasteiger partial charge >= 0.3 is 12.3 Å². The molecule has 0 bridgehead atoms. The molecule has 2 aromatic rings. The van der Waals surface area contributed by atoms with E-state index in [1.165, 1.54) is 29.3 Å². The van der Waals surface area contributed by atoms with Crippen molar-refractivity contribution in [3.05, 3.63) is 24.9 Å². The fraction of sp³-hybridized carbons (Fsp3) is 0.333. The van der Waals surface area contributed by atoms with Crippen LogP contribution in [-0.2, 0) is 0 Å². The van der Waals surface area contributed by atoms with Crippen molar-refractivity contribution in [2.75, 3.05) is 6.61 Å². The van der Waals surface area contributed by atoms with Crippen molar-refractivity contribution in [3.63, 3.8) is 0 Å².